The van der Waals surface area contributed by atoms with Gasteiger partial charge in [-0.15, -0.1) is 11.6 Å². The first-order valence-electron chi connectivity index (χ1n) is 18.2. The van der Waals surface area contributed by atoms with Gasteiger partial charge in [0.05, 0.1) is 16.7 Å². The van der Waals surface area contributed by atoms with E-state index in [1.165, 1.54) is 44.5 Å². The average molecular weight is 970 g/mol. The molecule has 326 valence electrons. The van der Waals surface area contributed by atoms with Crippen LogP contribution in [-0.4, -0.2) is 42.7 Å². The van der Waals surface area contributed by atoms with Crippen molar-refractivity contribution in [1.29, 1.82) is 0 Å². The number of alkyl halides is 1. The molecule has 0 saturated heterocycles. The first-order chi connectivity index (χ1) is 26.5. The van der Waals surface area contributed by atoms with E-state index >= 15 is 0 Å². The Morgan fingerprint density at radius 3 is 1.65 bits per heavy atom. The number of aromatic nitrogens is 3. The van der Waals surface area contributed by atoms with Gasteiger partial charge < -0.3 is 11.0 Å². The molecule has 5 aromatic rings. The molecule has 2 unspecified atom stereocenters. The Kier molecular flexibility index (Phi) is 34.7. The summed E-state index contributed by atoms with van der Waals surface area (Å²) in [5, 5.41) is 0.930. The quantitative estimate of drug-likeness (QED) is 0.0297. The maximum Gasteiger partial charge on any atom is 1.00 e. The average Bonchev–Trinajstić information content (AvgIpc) is 3.21. The van der Waals surface area contributed by atoms with Crippen molar-refractivity contribution in [2.24, 2.45) is 0 Å². The van der Waals surface area contributed by atoms with E-state index in [0.29, 0.717) is 11.5 Å². The zero-order valence-electron chi connectivity index (χ0n) is 34.1. The molecule has 2 aliphatic carbocycles. The Labute approximate surface area is 414 Å². The summed E-state index contributed by atoms with van der Waals surface area (Å²) in [4.78, 5) is 35.7. The maximum absolute atomic E-state index is 12.7. The molecule has 6 nitrogen and oxygen atoms in total. The number of thiol groups is 1. The zero-order chi connectivity index (χ0) is 40.3. The summed E-state index contributed by atoms with van der Waals surface area (Å²) in [7, 11) is 0. The number of aryl methyl sites for hydroxylation is 7. The minimum Gasteiger partial charge on any atom is -1.00 e. The molecule has 2 aromatic carbocycles. The van der Waals surface area contributed by atoms with E-state index in [9.17, 15) is 9.59 Å². The molecule has 0 bridgehead atoms. The number of nitrogens with one attached hydrogen (secondary N) is 1. The molecular weight excluding hydrogens is 901 g/mol. The number of carbonyl (C=O) groups excluding carboxylic acids is 2. The van der Waals surface area contributed by atoms with Crippen LogP contribution in [0, 0.1) is 39.3 Å². The van der Waals surface area contributed by atoms with Crippen LogP contribution in [0.3, 0.4) is 0 Å². The number of H-pyrrole nitrogens is 1. The molecular formula is C48H68BrClN3NaO3S3. The van der Waals surface area contributed by atoms with Gasteiger partial charge in [-0.05, 0) is 170 Å². The number of thioether (sulfide) groups is 1. The van der Waals surface area contributed by atoms with Crippen LogP contribution in [0.25, 0.3) is 0 Å². The van der Waals surface area contributed by atoms with Crippen molar-refractivity contribution in [3.8, 4) is 0 Å². The second kappa shape index (κ2) is 33.4. The molecule has 7 rings (SSSR count). The van der Waals surface area contributed by atoms with Gasteiger partial charge in [-0.3, -0.25) is 9.59 Å². The summed E-state index contributed by atoms with van der Waals surface area (Å²) < 4.78 is 8.37. The Morgan fingerprint density at radius 2 is 1.25 bits per heavy atom. The molecule has 0 spiro atoms. The fourth-order valence-electron chi connectivity index (χ4n) is 6.66. The molecule has 60 heavy (non-hydrogen) atoms. The Morgan fingerprint density at radius 1 is 0.767 bits per heavy atom. The smallest absolute Gasteiger partial charge is 1.00 e. The molecule has 0 fully saturated rings. The van der Waals surface area contributed by atoms with Gasteiger partial charge in [-0.25, -0.2) is 9.97 Å². The predicted molar refractivity (Wildman–Crippen MR) is 267 cm³/mol. The topological polar surface area (TPSA) is 95.9 Å². The molecule has 2 aliphatic rings. The van der Waals surface area contributed by atoms with Gasteiger partial charge in [-0.1, -0.05) is 108 Å². The molecule has 2 N–H and O–H groups in total. The van der Waals surface area contributed by atoms with E-state index in [0.717, 1.165) is 58.4 Å². The number of hydrogen-bond donors (Lipinski definition) is 3. The van der Waals surface area contributed by atoms with Crippen molar-refractivity contribution >= 4 is 76.0 Å². The first-order valence-corrected chi connectivity index (χ1v) is 21.4. The molecule has 0 saturated carbocycles. The Hall–Kier alpha value is -2.12. The second-order valence-corrected chi connectivity index (χ2v) is 16.1. The van der Waals surface area contributed by atoms with E-state index in [4.69, 9.17) is 28.4 Å². The summed E-state index contributed by atoms with van der Waals surface area (Å²) >= 11 is 17.8. The van der Waals surface area contributed by atoms with Crippen LogP contribution in [0.15, 0.2) is 101 Å². The number of hydrogen-bond acceptors (Lipinski definition) is 8. The minimum atomic E-state index is 0. The third-order valence-electron chi connectivity index (χ3n) is 9.37. The third-order valence-corrected chi connectivity index (χ3v) is 11.3. The molecule has 3 heterocycles. The van der Waals surface area contributed by atoms with Crippen molar-refractivity contribution in [3.63, 3.8) is 0 Å². The standard InChI is InChI=1S/C19H21NOS.C13H15ClO.C6H6BrN.C6H7NS.4CH4.Na.H2OS.H/c1-13-9-10-18(20-11-13)22-12-17(21)16-8-4-7-15-6-3-5-14(2)19(15)16;1-9-4-2-5-10-6-3-7-11(13(9)10)12(15)8-14;1-5-2-3-6(7)8-4-5;1-5-2-3-6(8)7-4-5;;;;;;1-2;/h3,5-6,9-11,16H,4,7-8,12H2,1-2H3;2,4-5,11H,3,6-8H2,1H3;2-4H,1H3;2-4H,1H3,(H,7,8);4*1H4;;1-2H;/q;;;;;;;;+1;;-1. The van der Waals surface area contributed by atoms with Gasteiger partial charge in [0.2, 0.25) is 0 Å². The van der Waals surface area contributed by atoms with Gasteiger partial charge >= 0.3 is 29.6 Å². The van der Waals surface area contributed by atoms with Crippen LogP contribution < -0.4 is 29.6 Å². The summed E-state index contributed by atoms with van der Waals surface area (Å²) in [5.74, 6) is 1.28. The minimum absolute atomic E-state index is 0. The van der Waals surface area contributed by atoms with Gasteiger partial charge in [0.1, 0.15) is 9.24 Å². The molecule has 2 atom stereocenters. The van der Waals surface area contributed by atoms with Crippen molar-refractivity contribution in [2.45, 2.75) is 120 Å². The van der Waals surface area contributed by atoms with Gasteiger partial charge in [0.25, 0.3) is 0 Å². The number of fused-ring (bicyclic) bond motifs is 2. The molecule has 0 aliphatic heterocycles. The van der Waals surface area contributed by atoms with E-state index in [1.807, 2.05) is 75.8 Å². The SMILES string of the molecule is C.C.C.C.Cc1ccc(=S)[nH]c1.Cc1ccc(Br)nc1.Cc1ccc(SCC(=O)C2CCCc3cccc(C)c32)nc1.Cc1cccc2c1C(C(=O)CCl)CCC2.OS.[H-].[Na+]. The number of Topliss-reactive ketones (excluding diaryl/α,β-unsaturated/α-hetero) is 2. The first kappa shape index (κ1) is 62.2. The van der Waals surface area contributed by atoms with Gasteiger partial charge in [0.15, 0.2) is 11.6 Å². The van der Waals surface area contributed by atoms with Crippen molar-refractivity contribution in [2.75, 3.05) is 11.6 Å². The molecule has 12 heteroatoms. The van der Waals surface area contributed by atoms with Gasteiger partial charge in [0, 0.05) is 30.4 Å². The monoisotopic (exact) mass is 967 g/mol. The number of ketones is 2. The maximum atomic E-state index is 12.7. The molecule has 3 aromatic heterocycles. The molecule has 0 radical (unpaired) electrons. The van der Waals surface area contributed by atoms with Crippen LogP contribution >= 0.6 is 64.4 Å². The van der Waals surface area contributed by atoms with Crippen LogP contribution in [0.2, 0.25) is 0 Å². The summed E-state index contributed by atoms with van der Waals surface area (Å²) in [5.41, 5.74) is 11.3. The van der Waals surface area contributed by atoms with Crippen LogP contribution in [-0.2, 0) is 22.4 Å². The van der Waals surface area contributed by atoms with E-state index in [-0.39, 0.29) is 84.2 Å². The predicted octanol–water partition coefficient (Wildman–Crippen LogP) is 12.0. The number of rotatable bonds is 6. The Bertz CT molecular complexity index is 2000. The van der Waals surface area contributed by atoms with Crippen molar-refractivity contribution in [3.05, 3.63) is 151 Å². The Balaban J connectivity index is -0.000000365. The number of pyridine rings is 3. The van der Waals surface area contributed by atoms with Crippen molar-refractivity contribution < 1.29 is 45.1 Å². The van der Waals surface area contributed by atoms with Crippen LogP contribution in [0.4, 0.5) is 0 Å². The summed E-state index contributed by atoms with van der Waals surface area (Å²) in [6, 6.07) is 24.5. The largest absolute Gasteiger partial charge is 1.00 e. The van der Waals surface area contributed by atoms with Crippen molar-refractivity contribution in [1.82, 2.24) is 15.0 Å². The van der Waals surface area contributed by atoms with Gasteiger partial charge in [-0.2, -0.15) is 0 Å². The van der Waals surface area contributed by atoms with E-state index in [1.54, 1.807) is 11.8 Å². The third kappa shape index (κ3) is 20.4. The normalized spacial score (nSPS) is 13.8. The number of benzene rings is 2. The number of nitrogens with zero attached hydrogens (tertiary/aromatic N) is 2. The van der Waals surface area contributed by atoms with E-state index in [2.05, 4.69) is 94.0 Å². The van der Waals surface area contributed by atoms with E-state index < -0.39 is 0 Å². The number of aromatic amines is 1. The zero-order valence-corrected chi connectivity index (χ0v) is 40.0. The summed E-state index contributed by atoms with van der Waals surface area (Å²) in [6.45, 7) is 10.3. The van der Waals surface area contributed by atoms with Crippen LogP contribution in [0.1, 0.15) is 119 Å². The summed E-state index contributed by atoms with van der Waals surface area (Å²) in [6.07, 6.45) is 11.9. The van der Waals surface area contributed by atoms with Crippen LogP contribution in [0.5, 0.6) is 0 Å². The fraction of sp³-hybridized carbons (Fsp3) is 0.396. The number of halogens is 2. The molecule has 0 amide bonds. The second-order valence-electron chi connectivity index (χ2n) is 13.6. The number of carbonyl (C=O) groups is 2. The fourth-order valence-corrected chi connectivity index (χ4v) is 7.99.